The fraction of sp³-hybridized carbons (Fsp3) is 0.133. The zero-order chi connectivity index (χ0) is 13.7. The van der Waals surface area contributed by atoms with E-state index in [1.54, 1.807) is 19.1 Å². The molecule has 0 bridgehead atoms. The fourth-order valence-corrected chi connectivity index (χ4v) is 1.61. The first-order chi connectivity index (χ1) is 9.16. The Morgan fingerprint density at radius 2 is 1.89 bits per heavy atom. The Hall–Kier alpha value is -2.36. The van der Waals surface area contributed by atoms with Crippen molar-refractivity contribution in [3.05, 3.63) is 65.5 Å². The monoisotopic (exact) mass is 259 g/mol. The van der Waals surface area contributed by atoms with Crippen LogP contribution in [0.15, 0.2) is 48.5 Å². The quantitative estimate of drug-likeness (QED) is 0.908. The Bertz CT molecular complexity index is 570. The normalized spacial score (nSPS) is 10.0. The molecular weight excluding hydrogens is 245 g/mol. The number of carbonyl (C=O) groups excluding carboxylic acids is 1. The molecule has 19 heavy (non-hydrogen) atoms. The predicted octanol–water partition coefficient (Wildman–Crippen LogP) is 3.88. The van der Waals surface area contributed by atoms with E-state index >= 15 is 0 Å². The number of anilines is 1. The smallest absolute Gasteiger partial charge is 0.412 e. The number of carbonyl (C=O) groups is 1. The van der Waals surface area contributed by atoms with Crippen LogP contribution in [-0.4, -0.2) is 6.09 Å². The van der Waals surface area contributed by atoms with E-state index < -0.39 is 11.9 Å². The topological polar surface area (TPSA) is 38.3 Å². The molecule has 3 nitrogen and oxygen atoms in total. The summed E-state index contributed by atoms with van der Waals surface area (Å²) in [6.07, 6.45) is -0.673. The molecule has 4 heteroatoms. The zero-order valence-corrected chi connectivity index (χ0v) is 10.5. The summed E-state index contributed by atoms with van der Waals surface area (Å²) in [4.78, 5) is 11.5. The molecule has 0 fully saturated rings. The van der Waals surface area contributed by atoms with E-state index in [4.69, 9.17) is 4.74 Å². The summed E-state index contributed by atoms with van der Waals surface area (Å²) in [6, 6.07) is 14.1. The summed E-state index contributed by atoms with van der Waals surface area (Å²) in [6.45, 7) is 1.79. The summed E-state index contributed by atoms with van der Waals surface area (Å²) >= 11 is 0. The first-order valence-corrected chi connectivity index (χ1v) is 5.89. The van der Waals surface area contributed by atoms with Crippen LogP contribution in [0.25, 0.3) is 0 Å². The molecule has 0 aliphatic heterocycles. The predicted molar refractivity (Wildman–Crippen MR) is 71.4 cm³/mol. The van der Waals surface area contributed by atoms with Crippen LogP contribution in [0.4, 0.5) is 14.9 Å². The molecule has 1 amide bonds. The van der Waals surface area contributed by atoms with Crippen LogP contribution in [0.2, 0.25) is 0 Å². The molecule has 0 aromatic heterocycles. The first kappa shape index (κ1) is 13.1. The van der Waals surface area contributed by atoms with Crippen molar-refractivity contribution in [2.24, 2.45) is 0 Å². The van der Waals surface area contributed by atoms with Gasteiger partial charge in [-0.25, -0.2) is 9.18 Å². The van der Waals surface area contributed by atoms with Gasteiger partial charge in [-0.15, -0.1) is 0 Å². The van der Waals surface area contributed by atoms with Crippen molar-refractivity contribution in [3.8, 4) is 0 Å². The molecule has 0 aliphatic rings. The van der Waals surface area contributed by atoms with Gasteiger partial charge in [0.15, 0.2) is 0 Å². The molecule has 2 aromatic rings. The molecule has 98 valence electrons. The van der Waals surface area contributed by atoms with Crippen LogP contribution in [0, 0.1) is 12.7 Å². The van der Waals surface area contributed by atoms with Crippen molar-refractivity contribution in [1.29, 1.82) is 0 Å². The highest BCUT2D eigenvalue weighted by molar-refractivity contribution is 5.84. The molecule has 0 aliphatic carbocycles. The maximum atomic E-state index is 13.7. The lowest BCUT2D eigenvalue weighted by molar-refractivity contribution is 0.155. The Morgan fingerprint density at radius 1 is 1.16 bits per heavy atom. The average Bonchev–Trinajstić information content (AvgIpc) is 2.43. The third-order valence-corrected chi connectivity index (χ3v) is 2.64. The minimum absolute atomic E-state index is 0.123. The third-order valence-electron chi connectivity index (χ3n) is 2.64. The van der Waals surface area contributed by atoms with Crippen LogP contribution >= 0.6 is 0 Å². The van der Waals surface area contributed by atoms with E-state index in [1.807, 2.05) is 30.3 Å². The lowest BCUT2D eigenvalue weighted by atomic mass is 10.2. The summed E-state index contributed by atoms with van der Waals surface area (Å²) in [5.74, 6) is -0.445. The number of hydrogen-bond acceptors (Lipinski definition) is 2. The number of hydrogen-bond donors (Lipinski definition) is 1. The Labute approximate surface area is 111 Å². The zero-order valence-electron chi connectivity index (χ0n) is 10.5. The Morgan fingerprint density at radius 3 is 2.63 bits per heavy atom. The van der Waals surface area contributed by atoms with Crippen molar-refractivity contribution >= 4 is 11.8 Å². The van der Waals surface area contributed by atoms with Gasteiger partial charge in [0.2, 0.25) is 0 Å². The highest BCUT2D eigenvalue weighted by atomic mass is 19.1. The van der Waals surface area contributed by atoms with E-state index in [0.29, 0.717) is 5.56 Å². The standard InChI is InChI=1S/C15H14FNO2/c1-11-6-5-9-13(14(11)16)17-15(18)19-10-12-7-3-2-4-8-12/h2-9H,10H2,1H3,(H,17,18). The van der Waals surface area contributed by atoms with Gasteiger partial charge in [-0.1, -0.05) is 42.5 Å². The van der Waals surface area contributed by atoms with Gasteiger partial charge in [0, 0.05) is 0 Å². The van der Waals surface area contributed by atoms with Crippen LogP contribution < -0.4 is 5.32 Å². The second-order valence-electron chi connectivity index (χ2n) is 4.12. The van der Waals surface area contributed by atoms with Crippen molar-refractivity contribution in [2.45, 2.75) is 13.5 Å². The maximum absolute atomic E-state index is 13.7. The molecule has 0 saturated carbocycles. The van der Waals surface area contributed by atoms with Crippen molar-refractivity contribution in [1.82, 2.24) is 0 Å². The summed E-state index contributed by atoms with van der Waals surface area (Å²) in [5.41, 5.74) is 1.47. The fourth-order valence-electron chi connectivity index (χ4n) is 1.61. The van der Waals surface area contributed by atoms with Gasteiger partial charge in [-0.2, -0.15) is 0 Å². The van der Waals surface area contributed by atoms with Crippen molar-refractivity contribution < 1.29 is 13.9 Å². The van der Waals surface area contributed by atoms with Crippen molar-refractivity contribution in [2.75, 3.05) is 5.32 Å². The molecule has 1 N–H and O–H groups in total. The van der Waals surface area contributed by atoms with E-state index in [-0.39, 0.29) is 12.3 Å². The van der Waals surface area contributed by atoms with Gasteiger partial charge < -0.3 is 4.74 Å². The molecule has 2 rings (SSSR count). The van der Waals surface area contributed by atoms with Gasteiger partial charge in [-0.05, 0) is 24.1 Å². The summed E-state index contributed by atoms with van der Waals surface area (Å²) in [7, 11) is 0. The van der Waals surface area contributed by atoms with Crippen molar-refractivity contribution in [3.63, 3.8) is 0 Å². The maximum Gasteiger partial charge on any atom is 0.412 e. The van der Waals surface area contributed by atoms with Crippen LogP contribution in [0.5, 0.6) is 0 Å². The highest BCUT2D eigenvalue weighted by Gasteiger charge is 2.09. The molecule has 0 spiro atoms. The number of nitrogens with one attached hydrogen (secondary N) is 1. The van der Waals surface area contributed by atoms with Gasteiger partial charge in [0.05, 0.1) is 5.69 Å². The largest absolute Gasteiger partial charge is 0.444 e. The van der Waals surface area contributed by atoms with Gasteiger partial charge >= 0.3 is 6.09 Å². The number of ether oxygens (including phenoxy) is 1. The minimum Gasteiger partial charge on any atom is -0.444 e. The van der Waals surface area contributed by atoms with Crippen LogP contribution in [0.3, 0.4) is 0 Å². The van der Waals surface area contributed by atoms with E-state index in [9.17, 15) is 9.18 Å². The summed E-state index contributed by atoms with van der Waals surface area (Å²) in [5, 5.41) is 2.39. The lowest BCUT2D eigenvalue weighted by Crippen LogP contribution is -2.14. The summed E-state index contributed by atoms with van der Waals surface area (Å²) < 4.78 is 18.7. The van der Waals surface area contributed by atoms with E-state index in [1.165, 1.54) is 6.07 Å². The number of aryl methyl sites for hydroxylation is 1. The highest BCUT2D eigenvalue weighted by Crippen LogP contribution is 2.17. The molecule has 0 unspecified atom stereocenters. The molecule has 2 aromatic carbocycles. The minimum atomic E-state index is -0.673. The van der Waals surface area contributed by atoms with Gasteiger partial charge in [0.1, 0.15) is 12.4 Å². The van der Waals surface area contributed by atoms with Gasteiger partial charge in [-0.3, -0.25) is 5.32 Å². The number of benzene rings is 2. The second kappa shape index (κ2) is 6.00. The molecule has 0 radical (unpaired) electrons. The SMILES string of the molecule is Cc1cccc(NC(=O)OCc2ccccc2)c1F. The molecule has 0 saturated heterocycles. The first-order valence-electron chi connectivity index (χ1n) is 5.89. The second-order valence-corrected chi connectivity index (χ2v) is 4.12. The average molecular weight is 259 g/mol. The van der Waals surface area contributed by atoms with Crippen LogP contribution in [-0.2, 0) is 11.3 Å². The van der Waals surface area contributed by atoms with Crippen LogP contribution in [0.1, 0.15) is 11.1 Å². The third kappa shape index (κ3) is 3.55. The number of amides is 1. The molecular formula is C15H14FNO2. The van der Waals surface area contributed by atoms with Gasteiger partial charge in [0.25, 0.3) is 0 Å². The van der Waals surface area contributed by atoms with E-state index in [0.717, 1.165) is 5.56 Å². The molecule has 0 atom stereocenters. The number of rotatable bonds is 3. The molecule has 0 heterocycles. The lowest BCUT2D eigenvalue weighted by Gasteiger charge is -2.08. The van der Waals surface area contributed by atoms with E-state index in [2.05, 4.69) is 5.32 Å². The Kier molecular flexibility index (Phi) is 4.13. The number of halogens is 1. The Balaban J connectivity index is 1.93.